The zero-order valence-corrected chi connectivity index (χ0v) is 11.5. The predicted octanol–water partition coefficient (Wildman–Crippen LogP) is 0.614. The van der Waals surface area contributed by atoms with Crippen molar-refractivity contribution in [2.24, 2.45) is 5.92 Å². The van der Waals surface area contributed by atoms with E-state index in [0.717, 1.165) is 6.42 Å². The number of carboxylic acid groups (broad SMARTS) is 1. The highest BCUT2D eigenvalue weighted by Crippen LogP contribution is 2.17. The lowest BCUT2D eigenvalue weighted by Gasteiger charge is -2.21. The van der Waals surface area contributed by atoms with Crippen LogP contribution in [0.5, 0.6) is 0 Å². The van der Waals surface area contributed by atoms with Crippen LogP contribution in [0.1, 0.15) is 39.5 Å². The quantitative estimate of drug-likeness (QED) is 0.740. The molecule has 0 bridgehead atoms. The summed E-state index contributed by atoms with van der Waals surface area (Å²) in [6.45, 7) is 4.40. The fourth-order valence-electron chi connectivity index (χ4n) is 2.11. The van der Waals surface area contributed by atoms with Gasteiger partial charge in [0.25, 0.3) is 0 Å². The SMILES string of the molecule is CC(C)CCC(=O)NCC(=O)N1CCCC1C(=O)O. The van der Waals surface area contributed by atoms with Crippen molar-refractivity contribution in [1.82, 2.24) is 10.2 Å². The van der Waals surface area contributed by atoms with Gasteiger partial charge in [-0.25, -0.2) is 4.79 Å². The smallest absolute Gasteiger partial charge is 0.326 e. The molecule has 1 saturated heterocycles. The molecule has 0 aromatic heterocycles. The van der Waals surface area contributed by atoms with E-state index in [0.29, 0.717) is 31.7 Å². The van der Waals surface area contributed by atoms with Gasteiger partial charge in [0.2, 0.25) is 11.8 Å². The summed E-state index contributed by atoms with van der Waals surface area (Å²) in [5.74, 6) is -1.01. The number of hydrogen-bond acceptors (Lipinski definition) is 3. The first kappa shape index (κ1) is 15.5. The van der Waals surface area contributed by atoms with E-state index < -0.39 is 12.0 Å². The molecule has 1 rings (SSSR count). The summed E-state index contributed by atoms with van der Waals surface area (Å²) in [4.78, 5) is 35.6. The Hall–Kier alpha value is -1.59. The lowest BCUT2D eigenvalue weighted by atomic mass is 10.1. The number of carbonyl (C=O) groups excluding carboxylic acids is 2. The maximum atomic E-state index is 11.9. The largest absolute Gasteiger partial charge is 0.480 e. The zero-order chi connectivity index (χ0) is 14.4. The molecule has 1 heterocycles. The summed E-state index contributed by atoms with van der Waals surface area (Å²) >= 11 is 0. The zero-order valence-electron chi connectivity index (χ0n) is 11.5. The monoisotopic (exact) mass is 270 g/mol. The van der Waals surface area contributed by atoms with Crippen LogP contribution in [0.3, 0.4) is 0 Å². The van der Waals surface area contributed by atoms with E-state index in [2.05, 4.69) is 5.32 Å². The molecule has 19 heavy (non-hydrogen) atoms. The van der Waals surface area contributed by atoms with Gasteiger partial charge < -0.3 is 15.3 Å². The molecule has 1 aliphatic heterocycles. The fourth-order valence-corrected chi connectivity index (χ4v) is 2.11. The Morgan fingerprint density at radius 1 is 1.37 bits per heavy atom. The number of aliphatic carboxylic acids is 1. The highest BCUT2D eigenvalue weighted by molar-refractivity contribution is 5.88. The Kier molecular flexibility index (Phi) is 5.79. The Labute approximate surface area is 113 Å². The third-order valence-electron chi connectivity index (χ3n) is 3.24. The van der Waals surface area contributed by atoms with Crippen molar-refractivity contribution in [3.63, 3.8) is 0 Å². The molecule has 0 saturated carbocycles. The van der Waals surface area contributed by atoms with E-state index in [1.54, 1.807) is 0 Å². The summed E-state index contributed by atoms with van der Waals surface area (Å²) in [5, 5.41) is 11.5. The van der Waals surface area contributed by atoms with E-state index in [1.165, 1.54) is 4.90 Å². The molecule has 108 valence electrons. The number of nitrogens with one attached hydrogen (secondary N) is 1. The van der Waals surface area contributed by atoms with Gasteiger partial charge >= 0.3 is 5.97 Å². The lowest BCUT2D eigenvalue weighted by Crippen LogP contribution is -2.45. The number of carboxylic acids is 1. The van der Waals surface area contributed by atoms with Crippen molar-refractivity contribution < 1.29 is 19.5 Å². The average Bonchev–Trinajstić information content (AvgIpc) is 2.82. The molecule has 0 aromatic carbocycles. The second-order valence-corrected chi connectivity index (χ2v) is 5.29. The van der Waals surface area contributed by atoms with Crippen molar-refractivity contribution in [2.75, 3.05) is 13.1 Å². The summed E-state index contributed by atoms with van der Waals surface area (Å²) in [6, 6.07) is -0.736. The van der Waals surface area contributed by atoms with Gasteiger partial charge in [-0.2, -0.15) is 0 Å². The highest BCUT2D eigenvalue weighted by atomic mass is 16.4. The van der Waals surface area contributed by atoms with Crippen LogP contribution in [-0.4, -0.2) is 46.9 Å². The minimum absolute atomic E-state index is 0.110. The van der Waals surface area contributed by atoms with Crippen LogP contribution in [0.2, 0.25) is 0 Å². The third-order valence-corrected chi connectivity index (χ3v) is 3.24. The fraction of sp³-hybridized carbons (Fsp3) is 0.769. The standard InChI is InChI=1S/C13H22N2O4/c1-9(2)5-6-11(16)14-8-12(17)15-7-3-4-10(15)13(18)19/h9-10H,3-8H2,1-2H3,(H,14,16)(H,18,19). The second-order valence-electron chi connectivity index (χ2n) is 5.29. The van der Waals surface area contributed by atoms with Crippen LogP contribution in [-0.2, 0) is 14.4 Å². The number of hydrogen-bond donors (Lipinski definition) is 2. The van der Waals surface area contributed by atoms with E-state index in [9.17, 15) is 14.4 Å². The molecule has 0 aliphatic carbocycles. The van der Waals surface area contributed by atoms with Crippen LogP contribution >= 0.6 is 0 Å². The molecule has 2 amide bonds. The molecule has 6 heteroatoms. The Balaban J connectivity index is 2.34. The maximum absolute atomic E-state index is 11.9. The summed E-state index contributed by atoms with van der Waals surface area (Å²) in [5.41, 5.74) is 0. The highest BCUT2D eigenvalue weighted by Gasteiger charge is 2.33. The van der Waals surface area contributed by atoms with Crippen LogP contribution < -0.4 is 5.32 Å². The molecular formula is C13H22N2O4. The molecule has 1 atom stereocenters. The Bertz CT molecular complexity index is 355. The molecule has 1 aliphatic rings. The van der Waals surface area contributed by atoms with Gasteiger partial charge in [-0.3, -0.25) is 9.59 Å². The maximum Gasteiger partial charge on any atom is 0.326 e. The van der Waals surface area contributed by atoms with Crippen molar-refractivity contribution in [2.45, 2.75) is 45.6 Å². The summed E-state index contributed by atoms with van der Waals surface area (Å²) < 4.78 is 0. The molecule has 6 nitrogen and oxygen atoms in total. The van der Waals surface area contributed by atoms with E-state index >= 15 is 0 Å². The Morgan fingerprint density at radius 2 is 2.05 bits per heavy atom. The summed E-state index contributed by atoms with van der Waals surface area (Å²) in [7, 11) is 0. The molecule has 0 spiro atoms. The minimum Gasteiger partial charge on any atom is -0.480 e. The molecule has 1 unspecified atom stereocenters. The molecule has 1 fully saturated rings. The van der Waals surface area contributed by atoms with Crippen LogP contribution in [0.4, 0.5) is 0 Å². The van der Waals surface area contributed by atoms with Crippen LogP contribution in [0.25, 0.3) is 0 Å². The van der Waals surface area contributed by atoms with Gasteiger partial charge in [-0.1, -0.05) is 13.8 Å². The van der Waals surface area contributed by atoms with Gasteiger partial charge in [-0.05, 0) is 25.2 Å². The van der Waals surface area contributed by atoms with Crippen molar-refractivity contribution in [3.8, 4) is 0 Å². The molecule has 0 radical (unpaired) electrons. The number of likely N-dealkylation sites (tertiary alicyclic amines) is 1. The molecule has 2 N–H and O–H groups in total. The number of rotatable bonds is 6. The van der Waals surface area contributed by atoms with E-state index in [4.69, 9.17) is 5.11 Å². The van der Waals surface area contributed by atoms with E-state index in [-0.39, 0.29) is 18.4 Å². The second kappa shape index (κ2) is 7.11. The lowest BCUT2D eigenvalue weighted by molar-refractivity contribution is -0.148. The number of nitrogens with zero attached hydrogens (tertiary/aromatic N) is 1. The molecule has 0 aromatic rings. The van der Waals surface area contributed by atoms with Gasteiger partial charge in [-0.15, -0.1) is 0 Å². The van der Waals surface area contributed by atoms with E-state index in [1.807, 2.05) is 13.8 Å². The first-order chi connectivity index (χ1) is 8.91. The normalized spacial score (nSPS) is 18.7. The summed E-state index contributed by atoms with van der Waals surface area (Å²) in [6.07, 6.45) is 2.36. The number of carbonyl (C=O) groups is 3. The number of amides is 2. The van der Waals surface area contributed by atoms with Gasteiger partial charge in [0.05, 0.1) is 6.54 Å². The van der Waals surface area contributed by atoms with Crippen LogP contribution in [0.15, 0.2) is 0 Å². The van der Waals surface area contributed by atoms with Gasteiger partial charge in [0.15, 0.2) is 0 Å². The van der Waals surface area contributed by atoms with Crippen molar-refractivity contribution >= 4 is 17.8 Å². The van der Waals surface area contributed by atoms with Crippen molar-refractivity contribution in [1.29, 1.82) is 0 Å². The average molecular weight is 270 g/mol. The minimum atomic E-state index is -0.975. The first-order valence-electron chi connectivity index (χ1n) is 6.70. The van der Waals surface area contributed by atoms with Gasteiger partial charge in [0.1, 0.15) is 6.04 Å². The topological polar surface area (TPSA) is 86.7 Å². The predicted molar refractivity (Wildman–Crippen MR) is 69.5 cm³/mol. The van der Waals surface area contributed by atoms with Crippen molar-refractivity contribution in [3.05, 3.63) is 0 Å². The Morgan fingerprint density at radius 3 is 2.63 bits per heavy atom. The van der Waals surface area contributed by atoms with Crippen LogP contribution in [0, 0.1) is 5.92 Å². The molecular weight excluding hydrogens is 248 g/mol. The first-order valence-corrected chi connectivity index (χ1v) is 6.70. The van der Waals surface area contributed by atoms with Gasteiger partial charge in [0, 0.05) is 13.0 Å². The third kappa shape index (κ3) is 4.89.